The SMILES string of the molecule is CCNc1nc(Cl)nc(Sc2ccncc2)n1. The maximum atomic E-state index is 5.82. The highest BCUT2D eigenvalue weighted by molar-refractivity contribution is 7.99. The van der Waals surface area contributed by atoms with Gasteiger partial charge in [0.25, 0.3) is 0 Å². The molecule has 0 spiro atoms. The fourth-order valence-corrected chi connectivity index (χ4v) is 2.07. The van der Waals surface area contributed by atoms with Gasteiger partial charge in [0.15, 0.2) is 5.16 Å². The molecule has 88 valence electrons. The molecule has 2 rings (SSSR count). The summed E-state index contributed by atoms with van der Waals surface area (Å²) in [6.07, 6.45) is 3.44. The van der Waals surface area contributed by atoms with Gasteiger partial charge in [0.2, 0.25) is 11.2 Å². The Labute approximate surface area is 108 Å². The lowest BCUT2D eigenvalue weighted by molar-refractivity contribution is 0.898. The van der Waals surface area contributed by atoms with Gasteiger partial charge < -0.3 is 5.32 Å². The molecule has 5 nitrogen and oxygen atoms in total. The first-order valence-electron chi connectivity index (χ1n) is 5.01. The van der Waals surface area contributed by atoms with Gasteiger partial charge in [-0.05, 0) is 42.4 Å². The maximum absolute atomic E-state index is 5.82. The van der Waals surface area contributed by atoms with Crippen LogP contribution in [0.3, 0.4) is 0 Å². The Hall–Kier alpha value is -1.40. The zero-order valence-electron chi connectivity index (χ0n) is 9.09. The lowest BCUT2D eigenvalue weighted by Crippen LogP contribution is -2.04. The first-order chi connectivity index (χ1) is 8.28. The molecular weight excluding hydrogens is 258 g/mol. The first-order valence-corrected chi connectivity index (χ1v) is 6.20. The average Bonchev–Trinajstić information content (AvgIpc) is 2.30. The molecule has 0 atom stereocenters. The zero-order valence-corrected chi connectivity index (χ0v) is 10.7. The van der Waals surface area contributed by atoms with E-state index in [1.165, 1.54) is 11.8 Å². The number of halogens is 1. The molecule has 0 aliphatic heterocycles. The number of pyridine rings is 1. The molecule has 0 amide bonds. The van der Waals surface area contributed by atoms with E-state index in [1.54, 1.807) is 12.4 Å². The molecule has 0 aliphatic carbocycles. The van der Waals surface area contributed by atoms with E-state index in [0.717, 1.165) is 11.4 Å². The van der Waals surface area contributed by atoms with Gasteiger partial charge >= 0.3 is 0 Å². The fourth-order valence-electron chi connectivity index (χ4n) is 1.13. The Kier molecular flexibility index (Phi) is 4.11. The van der Waals surface area contributed by atoms with Gasteiger partial charge in [-0.1, -0.05) is 0 Å². The topological polar surface area (TPSA) is 63.6 Å². The summed E-state index contributed by atoms with van der Waals surface area (Å²) in [5.41, 5.74) is 0. The highest BCUT2D eigenvalue weighted by Crippen LogP contribution is 2.24. The minimum absolute atomic E-state index is 0.188. The smallest absolute Gasteiger partial charge is 0.228 e. The molecule has 2 aromatic heterocycles. The standard InChI is InChI=1S/C10H10ClN5S/c1-2-13-9-14-8(11)15-10(16-9)17-7-3-5-12-6-4-7/h3-6H,2H2,1H3,(H,13,14,15,16). The highest BCUT2D eigenvalue weighted by atomic mass is 35.5. The summed E-state index contributed by atoms with van der Waals surface area (Å²) in [6, 6.07) is 3.77. The van der Waals surface area contributed by atoms with Crippen molar-refractivity contribution in [3.05, 3.63) is 29.8 Å². The second-order valence-electron chi connectivity index (χ2n) is 3.03. The minimum atomic E-state index is 0.188. The predicted molar refractivity (Wildman–Crippen MR) is 67.4 cm³/mol. The molecule has 0 saturated heterocycles. The number of nitrogens with zero attached hydrogens (tertiary/aromatic N) is 4. The molecule has 0 aromatic carbocycles. The van der Waals surface area contributed by atoms with Crippen molar-refractivity contribution in [3.8, 4) is 0 Å². The minimum Gasteiger partial charge on any atom is -0.354 e. The summed E-state index contributed by atoms with van der Waals surface area (Å²) in [4.78, 5) is 17.2. The summed E-state index contributed by atoms with van der Waals surface area (Å²) in [5.74, 6) is 0.490. The van der Waals surface area contributed by atoms with Gasteiger partial charge in [-0.25, -0.2) is 0 Å². The molecule has 0 fully saturated rings. The predicted octanol–water partition coefficient (Wildman–Crippen LogP) is 2.50. The Morgan fingerprint density at radius 3 is 2.71 bits per heavy atom. The van der Waals surface area contributed by atoms with Crippen molar-refractivity contribution in [1.82, 2.24) is 19.9 Å². The van der Waals surface area contributed by atoms with Crippen LogP contribution >= 0.6 is 23.4 Å². The van der Waals surface area contributed by atoms with Crippen molar-refractivity contribution in [1.29, 1.82) is 0 Å². The van der Waals surface area contributed by atoms with Gasteiger partial charge in [-0.15, -0.1) is 0 Å². The van der Waals surface area contributed by atoms with Crippen molar-refractivity contribution >= 4 is 29.3 Å². The van der Waals surface area contributed by atoms with Gasteiger partial charge in [-0.3, -0.25) is 4.98 Å². The van der Waals surface area contributed by atoms with Crippen LogP contribution in [-0.4, -0.2) is 26.5 Å². The van der Waals surface area contributed by atoms with Crippen molar-refractivity contribution in [2.24, 2.45) is 0 Å². The van der Waals surface area contributed by atoms with Crippen molar-refractivity contribution in [2.75, 3.05) is 11.9 Å². The number of hydrogen-bond donors (Lipinski definition) is 1. The first kappa shape index (κ1) is 12.1. The summed E-state index contributed by atoms with van der Waals surface area (Å²) in [5, 5.41) is 3.75. The maximum Gasteiger partial charge on any atom is 0.228 e. The molecule has 0 unspecified atom stereocenters. The number of rotatable bonds is 4. The van der Waals surface area contributed by atoms with E-state index in [4.69, 9.17) is 11.6 Å². The van der Waals surface area contributed by atoms with Crippen LogP contribution in [0.2, 0.25) is 5.28 Å². The third-order valence-electron chi connectivity index (χ3n) is 1.78. The third-order valence-corrected chi connectivity index (χ3v) is 2.82. The van der Waals surface area contributed by atoms with E-state index in [0.29, 0.717) is 11.1 Å². The zero-order chi connectivity index (χ0) is 12.1. The number of aromatic nitrogens is 4. The quantitative estimate of drug-likeness (QED) is 0.918. The summed E-state index contributed by atoms with van der Waals surface area (Å²) in [7, 11) is 0. The Balaban J connectivity index is 2.21. The normalized spacial score (nSPS) is 10.2. The Morgan fingerprint density at radius 2 is 2.00 bits per heavy atom. The average molecular weight is 268 g/mol. The molecule has 0 bridgehead atoms. The summed E-state index contributed by atoms with van der Waals surface area (Å²) >= 11 is 7.24. The van der Waals surface area contributed by atoms with Gasteiger partial charge in [0.05, 0.1) is 0 Å². The molecule has 17 heavy (non-hydrogen) atoms. The van der Waals surface area contributed by atoms with Crippen LogP contribution in [0.4, 0.5) is 5.95 Å². The van der Waals surface area contributed by atoms with Crippen molar-refractivity contribution in [3.63, 3.8) is 0 Å². The van der Waals surface area contributed by atoms with Crippen molar-refractivity contribution in [2.45, 2.75) is 17.0 Å². The fraction of sp³-hybridized carbons (Fsp3) is 0.200. The molecule has 2 aromatic rings. The van der Waals surface area contributed by atoms with Crippen LogP contribution in [0.1, 0.15) is 6.92 Å². The van der Waals surface area contributed by atoms with Crippen LogP contribution < -0.4 is 5.32 Å². The van der Waals surface area contributed by atoms with E-state index >= 15 is 0 Å². The highest BCUT2D eigenvalue weighted by Gasteiger charge is 2.05. The second kappa shape index (κ2) is 5.79. The van der Waals surface area contributed by atoms with Gasteiger partial charge in [-0.2, -0.15) is 15.0 Å². The lowest BCUT2D eigenvalue weighted by atomic mass is 10.5. The molecule has 1 N–H and O–H groups in total. The molecule has 7 heteroatoms. The largest absolute Gasteiger partial charge is 0.354 e. The van der Waals surface area contributed by atoms with E-state index in [2.05, 4.69) is 25.3 Å². The molecule has 2 heterocycles. The van der Waals surface area contributed by atoms with Crippen LogP contribution in [-0.2, 0) is 0 Å². The number of hydrogen-bond acceptors (Lipinski definition) is 6. The lowest BCUT2D eigenvalue weighted by Gasteiger charge is -2.04. The van der Waals surface area contributed by atoms with Gasteiger partial charge in [0, 0.05) is 23.8 Å². The molecular formula is C10H10ClN5S. The number of anilines is 1. The second-order valence-corrected chi connectivity index (χ2v) is 4.40. The van der Waals surface area contributed by atoms with Crippen LogP contribution in [0.5, 0.6) is 0 Å². The van der Waals surface area contributed by atoms with E-state index in [-0.39, 0.29) is 5.28 Å². The van der Waals surface area contributed by atoms with E-state index in [1.807, 2.05) is 19.1 Å². The monoisotopic (exact) mass is 267 g/mol. The number of nitrogens with one attached hydrogen (secondary N) is 1. The van der Waals surface area contributed by atoms with Crippen LogP contribution in [0.15, 0.2) is 34.6 Å². The summed E-state index contributed by atoms with van der Waals surface area (Å²) in [6.45, 7) is 2.70. The molecule has 0 radical (unpaired) electrons. The third kappa shape index (κ3) is 3.54. The van der Waals surface area contributed by atoms with Crippen LogP contribution in [0, 0.1) is 0 Å². The van der Waals surface area contributed by atoms with Crippen molar-refractivity contribution < 1.29 is 0 Å². The van der Waals surface area contributed by atoms with Gasteiger partial charge in [0.1, 0.15) is 0 Å². The molecule has 0 saturated carbocycles. The Bertz CT molecular complexity index is 493. The van der Waals surface area contributed by atoms with Crippen LogP contribution in [0.25, 0.3) is 0 Å². The van der Waals surface area contributed by atoms with E-state index < -0.39 is 0 Å². The summed E-state index contributed by atoms with van der Waals surface area (Å²) < 4.78 is 0. The Morgan fingerprint density at radius 1 is 1.24 bits per heavy atom. The van der Waals surface area contributed by atoms with E-state index in [9.17, 15) is 0 Å². The molecule has 0 aliphatic rings.